The Hall–Kier alpha value is -2.37. The predicted octanol–water partition coefficient (Wildman–Crippen LogP) is 5.36. The van der Waals surface area contributed by atoms with E-state index in [0.717, 1.165) is 16.9 Å². The largest absolute Gasteiger partial charge is 0.488 e. The monoisotopic (exact) mass is 373 g/mol. The van der Waals surface area contributed by atoms with Crippen LogP contribution in [-0.4, -0.2) is 16.1 Å². The van der Waals surface area contributed by atoms with Crippen molar-refractivity contribution in [2.24, 2.45) is 0 Å². The molecule has 1 heterocycles. The molecule has 0 amide bonds. The number of thiazole rings is 1. The first-order valence-corrected chi connectivity index (χ1v) is 8.82. The lowest BCUT2D eigenvalue weighted by molar-refractivity contribution is 0.0701. The number of rotatable bonds is 5. The third kappa shape index (κ3) is 4.00. The van der Waals surface area contributed by atoms with Gasteiger partial charge >= 0.3 is 5.97 Å². The minimum absolute atomic E-state index is 0.222. The molecule has 0 aliphatic rings. The Morgan fingerprint density at radius 3 is 2.56 bits per heavy atom. The second kappa shape index (κ2) is 7.25. The SMILES string of the molecule is Cc1ccc(COc2ccc(Cl)cc2-c2nc(C)c(C(=O)O)s2)cc1. The van der Waals surface area contributed by atoms with Crippen molar-refractivity contribution in [2.45, 2.75) is 20.5 Å². The average Bonchev–Trinajstić information content (AvgIpc) is 2.97. The van der Waals surface area contributed by atoms with Crippen molar-refractivity contribution in [1.82, 2.24) is 4.98 Å². The van der Waals surface area contributed by atoms with Gasteiger partial charge in [-0.25, -0.2) is 9.78 Å². The highest BCUT2D eigenvalue weighted by atomic mass is 35.5. The number of halogens is 1. The van der Waals surface area contributed by atoms with Gasteiger partial charge in [-0.05, 0) is 37.6 Å². The molecule has 6 heteroatoms. The molecular formula is C19H16ClNO3S. The Bertz CT molecular complexity index is 919. The fraction of sp³-hybridized carbons (Fsp3) is 0.158. The zero-order chi connectivity index (χ0) is 18.0. The van der Waals surface area contributed by atoms with Crippen LogP contribution in [0.4, 0.5) is 0 Å². The number of hydrogen-bond donors (Lipinski definition) is 1. The van der Waals surface area contributed by atoms with Gasteiger partial charge in [0.1, 0.15) is 22.2 Å². The Kier molecular flexibility index (Phi) is 5.06. The molecule has 0 bridgehead atoms. The Morgan fingerprint density at radius 2 is 1.92 bits per heavy atom. The van der Waals surface area contributed by atoms with Crippen LogP contribution < -0.4 is 4.74 Å². The first kappa shape index (κ1) is 17.5. The summed E-state index contributed by atoms with van der Waals surface area (Å²) in [5.74, 6) is -0.360. The van der Waals surface area contributed by atoms with Crippen molar-refractivity contribution < 1.29 is 14.6 Å². The summed E-state index contributed by atoms with van der Waals surface area (Å²) >= 11 is 7.23. The third-order valence-electron chi connectivity index (χ3n) is 3.68. The number of aromatic nitrogens is 1. The molecule has 25 heavy (non-hydrogen) atoms. The molecule has 0 aliphatic carbocycles. The molecule has 1 N–H and O–H groups in total. The fourth-order valence-corrected chi connectivity index (χ4v) is 3.45. The molecule has 0 aliphatic heterocycles. The van der Waals surface area contributed by atoms with Crippen molar-refractivity contribution in [3.63, 3.8) is 0 Å². The Balaban J connectivity index is 1.91. The number of aromatic carboxylic acids is 1. The topological polar surface area (TPSA) is 59.4 Å². The first-order valence-electron chi connectivity index (χ1n) is 7.63. The molecule has 0 radical (unpaired) electrons. The molecule has 0 atom stereocenters. The summed E-state index contributed by atoms with van der Waals surface area (Å²) in [6.07, 6.45) is 0. The second-order valence-electron chi connectivity index (χ2n) is 5.65. The average molecular weight is 374 g/mol. The van der Waals surface area contributed by atoms with Crippen LogP contribution >= 0.6 is 22.9 Å². The van der Waals surface area contributed by atoms with Gasteiger partial charge in [0, 0.05) is 5.02 Å². The highest BCUT2D eigenvalue weighted by molar-refractivity contribution is 7.17. The molecule has 0 unspecified atom stereocenters. The predicted molar refractivity (Wildman–Crippen MR) is 99.8 cm³/mol. The minimum Gasteiger partial charge on any atom is -0.488 e. The number of hydrogen-bond acceptors (Lipinski definition) is 4. The van der Waals surface area contributed by atoms with E-state index in [1.165, 1.54) is 5.56 Å². The van der Waals surface area contributed by atoms with E-state index in [4.69, 9.17) is 16.3 Å². The summed E-state index contributed by atoms with van der Waals surface area (Å²) in [7, 11) is 0. The zero-order valence-corrected chi connectivity index (χ0v) is 15.3. The lowest BCUT2D eigenvalue weighted by Gasteiger charge is -2.11. The van der Waals surface area contributed by atoms with Crippen molar-refractivity contribution in [3.8, 4) is 16.3 Å². The fourth-order valence-electron chi connectivity index (χ4n) is 2.35. The van der Waals surface area contributed by atoms with E-state index in [1.807, 2.05) is 31.2 Å². The molecule has 3 aromatic rings. The number of carboxylic acid groups (broad SMARTS) is 1. The van der Waals surface area contributed by atoms with Crippen molar-refractivity contribution >= 4 is 28.9 Å². The van der Waals surface area contributed by atoms with Crippen molar-refractivity contribution in [1.29, 1.82) is 0 Å². The number of aryl methyl sites for hydroxylation is 2. The highest BCUT2D eigenvalue weighted by Crippen LogP contribution is 2.36. The van der Waals surface area contributed by atoms with E-state index < -0.39 is 5.97 Å². The van der Waals surface area contributed by atoms with Gasteiger partial charge in [-0.15, -0.1) is 11.3 Å². The van der Waals surface area contributed by atoms with Gasteiger partial charge in [0.15, 0.2) is 0 Å². The zero-order valence-electron chi connectivity index (χ0n) is 13.7. The van der Waals surface area contributed by atoms with Crippen LogP contribution in [0.15, 0.2) is 42.5 Å². The van der Waals surface area contributed by atoms with Gasteiger partial charge in [0.25, 0.3) is 0 Å². The quantitative estimate of drug-likeness (QED) is 0.654. The molecule has 0 spiro atoms. The normalized spacial score (nSPS) is 10.7. The minimum atomic E-state index is -0.981. The molecule has 4 nitrogen and oxygen atoms in total. The summed E-state index contributed by atoms with van der Waals surface area (Å²) in [5, 5.41) is 10.4. The molecule has 0 saturated carbocycles. The van der Waals surface area contributed by atoms with Crippen LogP contribution in [0.5, 0.6) is 5.75 Å². The van der Waals surface area contributed by atoms with E-state index >= 15 is 0 Å². The molecular weight excluding hydrogens is 358 g/mol. The van der Waals surface area contributed by atoms with Crippen molar-refractivity contribution in [3.05, 3.63) is 69.2 Å². The standard InChI is InChI=1S/C19H16ClNO3S/c1-11-3-5-13(6-4-11)10-24-16-8-7-14(20)9-15(16)18-21-12(2)17(25-18)19(22)23/h3-9H,10H2,1-2H3,(H,22,23). The summed E-state index contributed by atoms with van der Waals surface area (Å²) in [5.41, 5.74) is 3.42. The van der Waals surface area contributed by atoms with Gasteiger partial charge in [0.05, 0.1) is 11.3 Å². The maximum atomic E-state index is 11.3. The maximum absolute atomic E-state index is 11.3. The molecule has 0 fully saturated rings. The molecule has 128 valence electrons. The summed E-state index contributed by atoms with van der Waals surface area (Å²) in [6, 6.07) is 13.4. The summed E-state index contributed by atoms with van der Waals surface area (Å²) < 4.78 is 5.94. The number of carboxylic acids is 1. The molecule has 2 aromatic carbocycles. The number of benzene rings is 2. The maximum Gasteiger partial charge on any atom is 0.347 e. The number of ether oxygens (including phenoxy) is 1. The van der Waals surface area contributed by atoms with Crippen LogP contribution in [0.3, 0.4) is 0 Å². The smallest absolute Gasteiger partial charge is 0.347 e. The van der Waals surface area contributed by atoms with Gasteiger partial charge in [-0.1, -0.05) is 41.4 Å². The first-order chi connectivity index (χ1) is 11.9. The molecule has 3 rings (SSSR count). The van der Waals surface area contributed by atoms with Gasteiger partial charge in [0.2, 0.25) is 0 Å². The van der Waals surface area contributed by atoms with Crippen LogP contribution in [0, 0.1) is 13.8 Å². The highest BCUT2D eigenvalue weighted by Gasteiger charge is 2.18. The lowest BCUT2D eigenvalue weighted by Crippen LogP contribution is -1.97. The van der Waals surface area contributed by atoms with Crippen molar-refractivity contribution in [2.75, 3.05) is 0 Å². The van der Waals surface area contributed by atoms with Crippen LogP contribution in [0.1, 0.15) is 26.5 Å². The summed E-state index contributed by atoms with van der Waals surface area (Å²) in [6.45, 7) is 4.12. The van der Waals surface area contributed by atoms with Gasteiger partial charge in [-0.3, -0.25) is 0 Å². The van der Waals surface area contributed by atoms with E-state index in [9.17, 15) is 9.90 Å². The van der Waals surface area contributed by atoms with E-state index in [0.29, 0.717) is 33.6 Å². The second-order valence-corrected chi connectivity index (χ2v) is 7.09. The van der Waals surface area contributed by atoms with E-state index in [-0.39, 0.29) is 4.88 Å². The summed E-state index contributed by atoms with van der Waals surface area (Å²) in [4.78, 5) is 15.9. The van der Waals surface area contributed by atoms with Crippen LogP contribution in [-0.2, 0) is 6.61 Å². The third-order valence-corrected chi connectivity index (χ3v) is 5.09. The van der Waals surface area contributed by atoms with Crippen LogP contribution in [0.2, 0.25) is 5.02 Å². The van der Waals surface area contributed by atoms with E-state index in [2.05, 4.69) is 4.98 Å². The number of carbonyl (C=O) groups is 1. The Labute approximate surface area is 154 Å². The Morgan fingerprint density at radius 1 is 1.20 bits per heavy atom. The van der Waals surface area contributed by atoms with Gasteiger partial charge < -0.3 is 9.84 Å². The molecule has 1 aromatic heterocycles. The van der Waals surface area contributed by atoms with Crippen LogP contribution in [0.25, 0.3) is 10.6 Å². The van der Waals surface area contributed by atoms with E-state index in [1.54, 1.807) is 25.1 Å². The number of nitrogens with zero attached hydrogens (tertiary/aromatic N) is 1. The van der Waals surface area contributed by atoms with Gasteiger partial charge in [-0.2, -0.15) is 0 Å². The molecule has 0 saturated heterocycles. The lowest BCUT2D eigenvalue weighted by atomic mass is 10.1.